The zero-order valence-electron chi connectivity index (χ0n) is 14.9. The van der Waals surface area contributed by atoms with E-state index in [2.05, 4.69) is 17.4 Å². The van der Waals surface area contributed by atoms with E-state index in [9.17, 15) is 4.79 Å². The summed E-state index contributed by atoms with van der Waals surface area (Å²) in [5.41, 5.74) is 2.30. The second kappa shape index (κ2) is 10.2. The van der Waals surface area contributed by atoms with Gasteiger partial charge in [-0.25, -0.2) is 0 Å². The molecule has 1 amide bonds. The summed E-state index contributed by atoms with van der Waals surface area (Å²) < 4.78 is 10.9. The Labute approximate surface area is 159 Å². The number of rotatable bonds is 8. The maximum atomic E-state index is 11.9. The van der Waals surface area contributed by atoms with Gasteiger partial charge in [0.25, 0.3) is 5.91 Å². The van der Waals surface area contributed by atoms with Gasteiger partial charge in [0, 0.05) is 30.8 Å². The monoisotopic (exact) mass is 371 g/mol. The number of hydrogen-bond acceptors (Lipinski definition) is 4. The lowest BCUT2D eigenvalue weighted by Crippen LogP contribution is -2.31. The van der Waals surface area contributed by atoms with Crippen molar-refractivity contribution in [2.45, 2.75) is 18.1 Å². The first-order valence-corrected chi connectivity index (χ1v) is 10.1. The highest BCUT2D eigenvalue weighted by molar-refractivity contribution is 7.99. The van der Waals surface area contributed by atoms with Crippen molar-refractivity contribution in [3.8, 4) is 16.9 Å². The summed E-state index contributed by atoms with van der Waals surface area (Å²) in [5.74, 6) is 1.56. The zero-order valence-corrected chi connectivity index (χ0v) is 15.7. The third-order valence-electron chi connectivity index (χ3n) is 4.28. The number of thioether (sulfide) groups is 1. The maximum Gasteiger partial charge on any atom is 0.257 e. The van der Waals surface area contributed by atoms with Crippen LogP contribution in [0, 0.1) is 0 Å². The Morgan fingerprint density at radius 3 is 2.46 bits per heavy atom. The Morgan fingerprint density at radius 1 is 1.04 bits per heavy atom. The van der Waals surface area contributed by atoms with Crippen LogP contribution in [0.4, 0.5) is 0 Å². The molecule has 1 N–H and O–H groups in total. The molecule has 0 unspecified atom stereocenters. The van der Waals surface area contributed by atoms with E-state index in [1.54, 1.807) is 0 Å². The summed E-state index contributed by atoms with van der Waals surface area (Å²) in [6.07, 6.45) is 2.22. The van der Waals surface area contributed by atoms with Crippen molar-refractivity contribution in [3.05, 3.63) is 54.6 Å². The molecule has 3 rings (SSSR count). The van der Waals surface area contributed by atoms with Crippen LogP contribution in [0.2, 0.25) is 0 Å². The molecule has 0 spiro atoms. The minimum atomic E-state index is -0.0790. The Kier molecular flexibility index (Phi) is 7.40. The van der Waals surface area contributed by atoms with Crippen molar-refractivity contribution in [3.63, 3.8) is 0 Å². The SMILES string of the molecule is O=C(COc1ccc(-c2ccccc2)cc1)NCCSC1CCOCC1. The van der Waals surface area contributed by atoms with Gasteiger partial charge in [-0.2, -0.15) is 11.8 Å². The third-order valence-corrected chi connectivity index (χ3v) is 5.66. The molecule has 1 aliphatic rings. The molecule has 2 aromatic carbocycles. The molecule has 1 heterocycles. The van der Waals surface area contributed by atoms with E-state index in [-0.39, 0.29) is 12.5 Å². The van der Waals surface area contributed by atoms with Gasteiger partial charge in [-0.05, 0) is 36.1 Å². The van der Waals surface area contributed by atoms with Crippen LogP contribution in [0.3, 0.4) is 0 Å². The van der Waals surface area contributed by atoms with Crippen LogP contribution < -0.4 is 10.1 Å². The number of benzene rings is 2. The van der Waals surface area contributed by atoms with Crippen molar-refractivity contribution in [1.82, 2.24) is 5.32 Å². The standard InChI is InChI=1S/C21H25NO3S/c23-21(22-12-15-26-20-10-13-24-14-11-20)16-25-19-8-6-18(7-9-19)17-4-2-1-3-5-17/h1-9,20H,10-16H2,(H,22,23). The molecule has 1 aliphatic heterocycles. The lowest BCUT2D eigenvalue weighted by molar-refractivity contribution is -0.122. The molecule has 0 atom stereocenters. The second-order valence-corrected chi connectivity index (χ2v) is 7.62. The Morgan fingerprint density at radius 2 is 1.73 bits per heavy atom. The minimum absolute atomic E-state index is 0.0482. The van der Waals surface area contributed by atoms with Gasteiger partial charge in [-0.15, -0.1) is 0 Å². The number of amides is 1. The van der Waals surface area contributed by atoms with E-state index < -0.39 is 0 Å². The van der Waals surface area contributed by atoms with Crippen LogP contribution in [0.25, 0.3) is 11.1 Å². The first kappa shape index (κ1) is 18.8. The highest BCUT2D eigenvalue weighted by Gasteiger charge is 2.13. The molecule has 0 aliphatic carbocycles. The summed E-state index contributed by atoms with van der Waals surface area (Å²) in [6.45, 7) is 2.45. The summed E-state index contributed by atoms with van der Waals surface area (Å²) in [7, 11) is 0. The second-order valence-electron chi connectivity index (χ2n) is 6.21. The normalized spacial score (nSPS) is 14.8. The van der Waals surface area contributed by atoms with Crippen molar-refractivity contribution in [2.24, 2.45) is 0 Å². The first-order valence-electron chi connectivity index (χ1n) is 9.05. The average Bonchev–Trinajstić information content (AvgIpc) is 2.71. The van der Waals surface area contributed by atoms with Crippen LogP contribution in [0.5, 0.6) is 5.75 Å². The van der Waals surface area contributed by atoms with Crippen LogP contribution in [0.1, 0.15) is 12.8 Å². The summed E-state index contributed by atoms with van der Waals surface area (Å²) in [5, 5.41) is 3.58. The number of carbonyl (C=O) groups excluding carboxylic acids is 1. The van der Waals surface area contributed by atoms with E-state index in [0.29, 0.717) is 17.5 Å². The highest BCUT2D eigenvalue weighted by atomic mass is 32.2. The Hall–Kier alpha value is -1.98. The average molecular weight is 372 g/mol. The van der Waals surface area contributed by atoms with E-state index in [4.69, 9.17) is 9.47 Å². The summed E-state index contributed by atoms with van der Waals surface area (Å²) >= 11 is 1.92. The highest BCUT2D eigenvalue weighted by Crippen LogP contribution is 2.22. The Balaban J connectivity index is 1.33. The molecule has 26 heavy (non-hydrogen) atoms. The molecular weight excluding hydrogens is 346 g/mol. The topological polar surface area (TPSA) is 47.6 Å². The van der Waals surface area contributed by atoms with E-state index in [1.165, 1.54) is 5.56 Å². The summed E-state index contributed by atoms with van der Waals surface area (Å²) in [4.78, 5) is 11.9. The van der Waals surface area contributed by atoms with E-state index in [1.807, 2.05) is 54.2 Å². The fraction of sp³-hybridized carbons (Fsp3) is 0.381. The maximum absolute atomic E-state index is 11.9. The lowest BCUT2D eigenvalue weighted by Gasteiger charge is -2.21. The van der Waals surface area contributed by atoms with Gasteiger partial charge in [0.1, 0.15) is 5.75 Å². The number of ether oxygens (including phenoxy) is 2. The molecule has 0 bridgehead atoms. The lowest BCUT2D eigenvalue weighted by atomic mass is 10.1. The number of hydrogen-bond donors (Lipinski definition) is 1. The van der Waals surface area contributed by atoms with Crippen LogP contribution >= 0.6 is 11.8 Å². The predicted molar refractivity (Wildman–Crippen MR) is 107 cm³/mol. The fourth-order valence-electron chi connectivity index (χ4n) is 2.83. The van der Waals surface area contributed by atoms with Gasteiger partial charge in [-0.3, -0.25) is 4.79 Å². The van der Waals surface area contributed by atoms with Crippen LogP contribution in [-0.4, -0.2) is 43.3 Å². The van der Waals surface area contributed by atoms with E-state index in [0.717, 1.165) is 37.4 Å². The van der Waals surface area contributed by atoms with Crippen LogP contribution in [-0.2, 0) is 9.53 Å². The Bertz CT molecular complexity index is 669. The zero-order chi connectivity index (χ0) is 18.0. The predicted octanol–water partition coefficient (Wildman–Crippen LogP) is 3.76. The van der Waals surface area contributed by atoms with Crippen LogP contribution in [0.15, 0.2) is 54.6 Å². The fourth-order valence-corrected chi connectivity index (χ4v) is 3.91. The van der Waals surface area contributed by atoms with Gasteiger partial charge in [0.05, 0.1) is 0 Å². The van der Waals surface area contributed by atoms with Gasteiger partial charge >= 0.3 is 0 Å². The number of nitrogens with one attached hydrogen (secondary N) is 1. The van der Waals surface area contributed by atoms with Crippen molar-refractivity contribution in [1.29, 1.82) is 0 Å². The largest absolute Gasteiger partial charge is 0.484 e. The van der Waals surface area contributed by atoms with Gasteiger partial charge in [0.2, 0.25) is 0 Å². The molecule has 0 radical (unpaired) electrons. The van der Waals surface area contributed by atoms with Gasteiger partial charge in [0.15, 0.2) is 6.61 Å². The van der Waals surface area contributed by atoms with E-state index >= 15 is 0 Å². The number of carbonyl (C=O) groups is 1. The van der Waals surface area contributed by atoms with Crippen molar-refractivity contribution >= 4 is 17.7 Å². The minimum Gasteiger partial charge on any atom is -0.484 e. The molecule has 0 aromatic heterocycles. The first-order chi connectivity index (χ1) is 12.8. The van der Waals surface area contributed by atoms with Gasteiger partial charge < -0.3 is 14.8 Å². The molecule has 0 saturated carbocycles. The van der Waals surface area contributed by atoms with Crippen molar-refractivity contribution < 1.29 is 14.3 Å². The smallest absolute Gasteiger partial charge is 0.257 e. The molecular formula is C21H25NO3S. The molecule has 2 aromatic rings. The third kappa shape index (κ3) is 6.07. The molecule has 1 fully saturated rings. The molecule has 5 heteroatoms. The molecule has 1 saturated heterocycles. The molecule has 138 valence electrons. The molecule has 4 nitrogen and oxygen atoms in total. The van der Waals surface area contributed by atoms with Gasteiger partial charge in [-0.1, -0.05) is 42.5 Å². The quantitative estimate of drug-likeness (QED) is 0.718. The van der Waals surface area contributed by atoms with Crippen molar-refractivity contribution in [2.75, 3.05) is 32.1 Å². The summed E-state index contributed by atoms with van der Waals surface area (Å²) in [6, 6.07) is 18.0.